The van der Waals surface area contributed by atoms with Crippen molar-refractivity contribution in [1.29, 1.82) is 0 Å². The molecule has 0 aliphatic carbocycles. The first kappa shape index (κ1) is 12.9. The molecule has 0 saturated heterocycles. The number of hydrogen-bond acceptors (Lipinski definition) is 3. The van der Waals surface area contributed by atoms with E-state index in [0.29, 0.717) is 11.5 Å². The lowest BCUT2D eigenvalue weighted by atomic mass is 9.87. The smallest absolute Gasteiger partial charge is 0.0356 e. The van der Waals surface area contributed by atoms with Crippen LogP contribution in [-0.4, -0.2) is 23.9 Å². The summed E-state index contributed by atoms with van der Waals surface area (Å²) in [6.45, 7) is 9.03. The molecule has 1 aromatic carbocycles. The van der Waals surface area contributed by atoms with E-state index in [-0.39, 0.29) is 0 Å². The van der Waals surface area contributed by atoms with Gasteiger partial charge < -0.3 is 5.32 Å². The van der Waals surface area contributed by atoms with Crippen LogP contribution in [0.3, 0.4) is 0 Å². The average Bonchev–Trinajstić information content (AvgIpc) is 2.66. The van der Waals surface area contributed by atoms with Crippen LogP contribution in [-0.2, 0) is 6.54 Å². The quantitative estimate of drug-likeness (QED) is 0.830. The Balaban J connectivity index is 2.00. The van der Waals surface area contributed by atoms with Gasteiger partial charge in [-0.25, -0.2) is 4.31 Å². The molecule has 1 aliphatic rings. The fraction of sp³-hybridized carbons (Fsp3) is 0.571. The molecule has 1 N–H and O–H groups in total. The van der Waals surface area contributed by atoms with Gasteiger partial charge in [-0.1, -0.05) is 39.0 Å². The van der Waals surface area contributed by atoms with E-state index >= 15 is 0 Å². The molecule has 1 heterocycles. The molecule has 1 aliphatic heterocycles. The van der Waals surface area contributed by atoms with Crippen molar-refractivity contribution in [3.05, 3.63) is 29.8 Å². The van der Waals surface area contributed by atoms with Crippen molar-refractivity contribution < 1.29 is 0 Å². The molecule has 17 heavy (non-hydrogen) atoms. The molecule has 0 fully saturated rings. The van der Waals surface area contributed by atoms with E-state index in [9.17, 15) is 0 Å². The number of rotatable bonds is 3. The van der Waals surface area contributed by atoms with E-state index < -0.39 is 0 Å². The lowest BCUT2D eigenvalue weighted by Gasteiger charge is -2.33. The average molecular weight is 250 g/mol. The summed E-state index contributed by atoms with van der Waals surface area (Å²) in [5.74, 6) is 0. The maximum absolute atomic E-state index is 3.44. The summed E-state index contributed by atoms with van der Waals surface area (Å²) in [5, 5.41) is 3.44. The number of nitrogens with zero attached hydrogens (tertiary/aromatic N) is 1. The van der Waals surface area contributed by atoms with Crippen molar-refractivity contribution in [3.8, 4) is 0 Å². The molecule has 1 unspecified atom stereocenters. The minimum Gasteiger partial charge on any atom is -0.315 e. The Morgan fingerprint density at radius 3 is 2.65 bits per heavy atom. The highest BCUT2D eigenvalue weighted by molar-refractivity contribution is 7.97. The molecular formula is C14H22N2S. The molecule has 0 spiro atoms. The van der Waals surface area contributed by atoms with Crippen LogP contribution in [0.4, 0.5) is 0 Å². The standard InChI is InChI=1S/C14H22N2S/c1-14(2,3)13(15-4)10-16-9-11-7-5-6-8-12(11)17-16/h5-8,13,15H,9-10H2,1-4H3. The van der Waals surface area contributed by atoms with Gasteiger partial charge in [-0.2, -0.15) is 0 Å². The van der Waals surface area contributed by atoms with Crippen molar-refractivity contribution in [2.24, 2.45) is 5.41 Å². The topological polar surface area (TPSA) is 15.3 Å². The van der Waals surface area contributed by atoms with Crippen LogP contribution in [0.2, 0.25) is 0 Å². The Labute approximate surface area is 109 Å². The molecule has 0 saturated carbocycles. The number of likely N-dealkylation sites (N-methyl/N-ethyl adjacent to an activating group) is 1. The third-order valence-electron chi connectivity index (χ3n) is 3.33. The van der Waals surface area contributed by atoms with Gasteiger partial charge in [0.2, 0.25) is 0 Å². The fourth-order valence-electron chi connectivity index (χ4n) is 2.19. The first-order valence-electron chi connectivity index (χ1n) is 6.19. The number of hydrogen-bond donors (Lipinski definition) is 1. The summed E-state index contributed by atoms with van der Waals surface area (Å²) < 4.78 is 2.46. The van der Waals surface area contributed by atoms with Gasteiger partial charge in [0.05, 0.1) is 0 Å². The fourth-order valence-corrected chi connectivity index (χ4v) is 3.28. The van der Waals surface area contributed by atoms with Crippen LogP contribution < -0.4 is 5.32 Å². The van der Waals surface area contributed by atoms with Crippen LogP contribution in [0.5, 0.6) is 0 Å². The first-order valence-corrected chi connectivity index (χ1v) is 6.96. The molecule has 0 aromatic heterocycles. The van der Waals surface area contributed by atoms with Gasteiger partial charge in [-0.05, 0) is 36.0 Å². The van der Waals surface area contributed by atoms with Gasteiger partial charge in [0, 0.05) is 24.0 Å². The maximum atomic E-state index is 3.44. The third-order valence-corrected chi connectivity index (χ3v) is 4.46. The third kappa shape index (κ3) is 3.03. The van der Waals surface area contributed by atoms with E-state index in [1.807, 2.05) is 11.9 Å². The zero-order chi connectivity index (χ0) is 12.5. The van der Waals surface area contributed by atoms with Gasteiger partial charge in [0.15, 0.2) is 0 Å². The van der Waals surface area contributed by atoms with Gasteiger partial charge in [-0.3, -0.25) is 0 Å². The van der Waals surface area contributed by atoms with Crippen LogP contribution in [0.25, 0.3) is 0 Å². The number of benzene rings is 1. The minimum atomic E-state index is 0.296. The molecule has 0 amide bonds. The van der Waals surface area contributed by atoms with Crippen molar-refractivity contribution in [3.63, 3.8) is 0 Å². The highest BCUT2D eigenvalue weighted by Gasteiger charge is 2.28. The summed E-state index contributed by atoms with van der Waals surface area (Å²) in [6, 6.07) is 9.21. The summed E-state index contributed by atoms with van der Waals surface area (Å²) in [5.41, 5.74) is 1.76. The minimum absolute atomic E-state index is 0.296. The van der Waals surface area contributed by atoms with Gasteiger partial charge >= 0.3 is 0 Å². The SMILES string of the molecule is CNC(CN1Cc2ccccc2S1)C(C)(C)C. The summed E-state index contributed by atoms with van der Waals surface area (Å²) >= 11 is 1.89. The molecule has 2 nitrogen and oxygen atoms in total. The van der Waals surface area contributed by atoms with Crippen LogP contribution >= 0.6 is 11.9 Å². The lowest BCUT2D eigenvalue weighted by molar-refractivity contribution is 0.241. The van der Waals surface area contributed by atoms with E-state index in [0.717, 1.165) is 13.1 Å². The molecule has 1 atom stereocenters. The predicted molar refractivity (Wildman–Crippen MR) is 75.0 cm³/mol. The Bertz CT molecular complexity index is 359. The second-order valence-electron chi connectivity index (χ2n) is 5.73. The summed E-state index contributed by atoms with van der Waals surface area (Å²) in [4.78, 5) is 1.41. The summed E-state index contributed by atoms with van der Waals surface area (Å²) in [6.07, 6.45) is 0. The van der Waals surface area contributed by atoms with Crippen LogP contribution in [0.15, 0.2) is 29.2 Å². The molecule has 94 valence electrons. The van der Waals surface area contributed by atoms with E-state index in [2.05, 4.69) is 61.7 Å². The number of fused-ring (bicyclic) bond motifs is 1. The molecule has 3 heteroatoms. The van der Waals surface area contributed by atoms with Crippen molar-refractivity contribution in [1.82, 2.24) is 9.62 Å². The normalized spacial score (nSPS) is 18.1. The molecule has 2 rings (SSSR count). The number of nitrogens with one attached hydrogen (secondary N) is 1. The largest absolute Gasteiger partial charge is 0.315 e. The predicted octanol–water partition coefficient (Wildman–Crippen LogP) is 3.14. The highest BCUT2D eigenvalue weighted by Crippen LogP contribution is 2.36. The van der Waals surface area contributed by atoms with Gasteiger partial charge in [0.25, 0.3) is 0 Å². The second kappa shape index (κ2) is 5.01. The van der Waals surface area contributed by atoms with Crippen molar-refractivity contribution in [2.75, 3.05) is 13.6 Å². The highest BCUT2D eigenvalue weighted by atomic mass is 32.2. The molecule has 1 aromatic rings. The second-order valence-corrected chi connectivity index (χ2v) is 6.87. The first-order chi connectivity index (χ1) is 8.00. The van der Waals surface area contributed by atoms with E-state index in [4.69, 9.17) is 0 Å². The molecular weight excluding hydrogens is 228 g/mol. The van der Waals surface area contributed by atoms with Crippen LogP contribution in [0, 0.1) is 5.41 Å². The van der Waals surface area contributed by atoms with Crippen molar-refractivity contribution in [2.45, 2.75) is 38.3 Å². The molecule has 0 bridgehead atoms. The maximum Gasteiger partial charge on any atom is 0.0356 e. The van der Waals surface area contributed by atoms with Gasteiger partial charge in [0.1, 0.15) is 0 Å². The monoisotopic (exact) mass is 250 g/mol. The van der Waals surface area contributed by atoms with Gasteiger partial charge in [-0.15, -0.1) is 0 Å². The molecule has 0 radical (unpaired) electrons. The zero-order valence-electron chi connectivity index (χ0n) is 11.2. The Kier molecular flexibility index (Phi) is 3.81. The Morgan fingerprint density at radius 1 is 1.35 bits per heavy atom. The Hall–Kier alpha value is -0.510. The van der Waals surface area contributed by atoms with Crippen LogP contribution in [0.1, 0.15) is 26.3 Å². The zero-order valence-corrected chi connectivity index (χ0v) is 12.0. The van der Waals surface area contributed by atoms with E-state index in [1.54, 1.807) is 0 Å². The summed E-state index contributed by atoms with van der Waals surface area (Å²) in [7, 11) is 2.06. The lowest BCUT2D eigenvalue weighted by Crippen LogP contribution is -2.44. The Morgan fingerprint density at radius 2 is 2.06 bits per heavy atom. The van der Waals surface area contributed by atoms with E-state index in [1.165, 1.54) is 10.5 Å². The van der Waals surface area contributed by atoms with Crippen molar-refractivity contribution >= 4 is 11.9 Å².